The van der Waals surface area contributed by atoms with Crippen LogP contribution >= 0.6 is 11.6 Å². The lowest BCUT2D eigenvalue weighted by atomic mass is 10.1. The van der Waals surface area contributed by atoms with Gasteiger partial charge in [-0.1, -0.05) is 37.6 Å². The summed E-state index contributed by atoms with van der Waals surface area (Å²) in [5, 5.41) is 7.61. The van der Waals surface area contributed by atoms with Gasteiger partial charge < -0.3 is 9.88 Å². The Kier molecular flexibility index (Phi) is 5.54. The zero-order valence-corrected chi connectivity index (χ0v) is 18.5. The number of carbonyl (C=O) groups excluding carboxylic acids is 1. The van der Waals surface area contributed by atoms with Crippen LogP contribution in [0.2, 0.25) is 5.02 Å². The molecule has 0 bridgehead atoms. The van der Waals surface area contributed by atoms with E-state index in [1.54, 1.807) is 30.8 Å². The summed E-state index contributed by atoms with van der Waals surface area (Å²) in [5.41, 5.74) is 3.21. The van der Waals surface area contributed by atoms with E-state index in [-0.39, 0.29) is 18.4 Å². The molecule has 1 N–H and O–H groups in total. The van der Waals surface area contributed by atoms with Crippen LogP contribution in [-0.4, -0.2) is 25.2 Å². The minimum Gasteiger partial charge on any atom is -0.318 e. The topological polar surface area (TPSA) is 64.7 Å². The van der Waals surface area contributed by atoms with E-state index >= 15 is 0 Å². The summed E-state index contributed by atoms with van der Waals surface area (Å²) in [6, 6.07) is 12.2. The van der Waals surface area contributed by atoms with E-state index in [0.717, 1.165) is 16.9 Å². The standard InChI is InChI=1S/C23H23ClFN5O/c1-13(2)22-26-18-7-5-6-8-19(18)30(22)12-20(31)27-23-21(14(3)28-29(23)4)16-10-9-15(24)11-17(16)25/h5-11,13H,12H2,1-4H3,(H,27,31). The lowest BCUT2D eigenvalue weighted by Crippen LogP contribution is -2.22. The predicted molar refractivity (Wildman–Crippen MR) is 121 cm³/mol. The van der Waals surface area contributed by atoms with Crippen molar-refractivity contribution in [2.75, 3.05) is 5.32 Å². The Morgan fingerprint density at radius 2 is 1.97 bits per heavy atom. The first kappa shape index (κ1) is 21.1. The SMILES string of the molecule is Cc1nn(C)c(NC(=O)Cn2c(C(C)C)nc3ccccc32)c1-c1ccc(Cl)cc1F. The summed E-state index contributed by atoms with van der Waals surface area (Å²) in [4.78, 5) is 17.7. The fourth-order valence-corrected chi connectivity index (χ4v) is 3.99. The van der Waals surface area contributed by atoms with Gasteiger partial charge in [0.25, 0.3) is 0 Å². The van der Waals surface area contributed by atoms with Crippen LogP contribution in [0.4, 0.5) is 10.2 Å². The Hall–Kier alpha value is -3.19. The van der Waals surface area contributed by atoms with Crippen LogP contribution in [0, 0.1) is 12.7 Å². The molecule has 0 radical (unpaired) electrons. The van der Waals surface area contributed by atoms with Crippen molar-refractivity contribution in [3.05, 3.63) is 64.8 Å². The van der Waals surface area contributed by atoms with Crippen molar-refractivity contribution in [3.8, 4) is 11.1 Å². The van der Waals surface area contributed by atoms with Crippen molar-refractivity contribution >= 4 is 34.4 Å². The maximum atomic E-state index is 14.6. The van der Waals surface area contributed by atoms with E-state index < -0.39 is 5.82 Å². The fourth-order valence-electron chi connectivity index (χ4n) is 3.83. The monoisotopic (exact) mass is 439 g/mol. The minimum atomic E-state index is -0.471. The number of amides is 1. The summed E-state index contributed by atoms with van der Waals surface area (Å²) in [6.07, 6.45) is 0. The van der Waals surface area contributed by atoms with Crippen molar-refractivity contribution in [1.29, 1.82) is 0 Å². The number of para-hydroxylation sites is 2. The average Bonchev–Trinajstić information content (AvgIpc) is 3.20. The number of rotatable bonds is 5. The summed E-state index contributed by atoms with van der Waals surface area (Å²) in [7, 11) is 1.71. The average molecular weight is 440 g/mol. The van der Waals surface area contributed by atoms with Crippen LogP contribution in [0.15, 0.2) is 42.5 Å². The molecule has 0 saturated carbocycles. The molecule has 0 aliphatic heterocycles. The summed E-state index contributed by atoms with van der Waals surface area (Å²) >= 11 is 5.90. The van der Waals surface area contributed by atoms with Gasteiger partial charge in [0.2, 0.25) is 5.91 Å². The van der Waals surface area contributed by atoms with Gasteiger partial charge in [-0.2, -0.15) is 5.10 Å². The molecular formula is C23H23ClFN5O. The Bertz CT molecular complexity index is 1290. The number of fused-ring (bicyclic) bond motifs is 1. The molecule has 31 heavy (non-hydrogen) atoms. The summed E-state index contributed by atoms with van der Waals surface area (Å²) in [5.74, 6) is 0.698. The number of carbonyl (C=O) groups is 1. The van der Waals surface area contributed by atoms with Gasteiger partial charge >= 0.3 is 0 Å². The molecule has 4 rings (SSSR count). The lowest BCUT2D eigenvalue weighted by molar-refractivity contribution is -0.116. The van der Waals surface area contributed by atoms with Gasteiger partial charge in [0, 0.05) is 23.6 Å². The summed E-state index contributed by atoms with van der Waals surface area (Å²) in [6.45, 7) is 5.95. The molecule has 0 fully saturated rings. The Balaban J connectivity index is 1.70. The molecule has 2 aromatic carbocycles. The second-order valence-corrected chi connectivity index (χ2v) is 8.24. The van der Waals surface area contributed by atoms with Gasteiger partial charge in [0.15, 0.2) is 0 Å². The lowest BCUT2D eigenvalue weighted by Gasteiger charge is -2.13. The minimum absolute atomic E-state index is 0.0841. The second-order valence-electron chi connectivity index (χ2n) is 7.80. The van der Waals surface area contributed by atoms with Crippen molar-refractivity contribution < 1.29 is 9.18 Å². The molecular weight excluding hydrogens is 417 g/mol. The van der Waals surface area contributed by atoms with Gasteiger partial charge in [-0.15, -0.1) is 0 Å². The summed E-state index contributed by atoms with van der Waals surface area (Å²) < 4.78 is 18.1. The molecule has 0 saturated heterocycles. The first-order chi connectivity index (χ1) is 14.8. The third-order valence-electron chi connectivity index (χ3n) is 5.18. The smallest absolute Gasteiger partial charge is 0.245 e. The number of hydrogen-bond donors (Lipinski definition) is 1. The van der Waals surface area contributed by atoms with Gasteiger partial charge in [-0.3, -0.25) is 9.48 Å². The van der Waals surface area contributed by atoms with E-state index in [9.17, 15) is 9.18 Å². The number of nitrogens with zero attached hydrogens (tertiary/aromatic N) is 4. The highest BCUT2D eigenvalue weighted by Crippen LogP contribution is 2.34. The van der Waals surface area contributed by atoms with Crippen LogP contribution < -0.4 is 5.32 Å². The van der Waals surface area contributed by atoms with Crippen molar-refractivity contribution in [2.24, 2.45) is 7.05 Å². The van der Waals surface area contributed by atoms with E-state index in [1.807, 2.05) is 42.7 Å². The van der Waals surface area contributed by atoms with Crippen molar-refractivity contribution in [3.63, 3.8) is 0 Å². The number of aromatic nitrogens is 4. The molecule has 0 aliphatic carbocycles. The van der Waals surface area contributed by atoms with Crippen LogP contribution in [0.5, 0.6) is 0 Å². The number of imidazole rings is 1. The molecule has 1 amide bonds. The Morgan fingerprint density at radius 3 is 2.68 bits per heavy atom. The van der Waals surface area contributed by atoms with E-state index in [4.69, 9.17) is 11.6 Å². The normalized spacial score (nSPS) is 11.5. The van der Waals surface area contributed by atoms with Gasteiger partial charge in [-0.05, 0) is 37.3 Å². The molecule has 2 heterocycles. The molecule has 8 heteroatoms. The first-order valence-corrected chi connectivity index (χ1v) is 10.4. The Labute approximate surface area is 184 Å². The maximum Gasteiger partial charge on any atom is 0.245 e. The van der Waals surface area contributed by atoms with Crippen molar-refractivity contribution in [2.45, 2.75) is 33.2 Å². The molecule has 4 aromatic rings. The third-order valence-corrected chi connectivity index (χ3v) is 5.42. The van der Waals surface area contributed by atoms with Crippen LogP contribution in [0.1, 0.15) is 31.3 Å². The highest BCUT2D eigenvalue weighted by molar-refractivity contribution is 6.30. The second kappa shape index (κ2) is 8.15. The number of nitrogens with one attached hydrogen (secondary N) is 1. The quantitative estimate of drug-likeness (QED) is 0.459. The van der Waals surface area contributed by atoms with Crippen molar-refractivity contribution in [1.82, 2.24) is 19.3 Å². The van der Waals surface area contributed by atoms with Gasteiger partial charge in [-0.25, -0.2) is 9.37 Å². The number of anilines is 1. The zero-order chi connectivity index (χ0) is 22.3. The van der Waals surface area contributed by atoms with Gasteiger partial charge in [0.05, 0.1) is 22.3 Å². The number of halogens is 2. The molecule has 0 atom stereocenters. The Morgan fingerprint density at radius 1 is 1.23 bits per heavy atom. The molecule has 160 valence electrons. The third kappa shape index (κ3) is 3.93. The number of hydrogen-bond acceptors (Lipinski definition) is 3. The predicted octanol–water partition coefficient (Wildman–Crippen LogP) is 5.30. The van der Waals surface area contributed by atoms with Crippen LogP contribution in [-0.2, 0) is 18.4 Å². The fraction of sp³-hybridized carbons (Fsp3) is 0.261. The first-order valence-electron chi connectivity index (χ1n) is 10.00. The van der Waals surface area contributed by atoms with E-state index in [0.29, 0.717) is 27.7 Å². The maximum absolute atomic E-state index is 14.6. The largest absolute Gasteiger partial charge is 0.318 e. The van der Waals surface area contributed by atoms with E-state index in [2.05, 4.69) is 15.4 Å². The zero-order valence-electron chi connectivity index (χ0n) is 17.8. The van der Waals surface area contributed by atoms with Crippen LogP contribution in [0.25, 0.3) is 22.2 Å². The molecule has 0 spiro atoms. The molecule has 6 nitrogen and oxygen atoms in total. The van der Waals surface area contributed by atoms with E-state index in [1.165, 1.54) is 6.07 Å². The molecule has 0 aliphatic rings. The van der Waals surface area contributed by atoms with Gasteiger partial charge in [0.1, 0.15) is 24.0 Å². The molecule has 2 aromatic heterocycles. The highest BCUT2D eigenvalue weighted by Gasteiger charge is 2.22. The molecule has 0 unspecified atom stereocenters. The van der Waals surface area contributed by atoms with Crippen LogP contribution in [0.3, 0.4) is 0 Å². The number of benzene rings is 2. The number of aryl methyl sites for hydroxylation is 2. The highest BCUT2D eigenvalue weighted by atomic mass is 35.5.